The largest absolute Gasteiger partial charge is 0.462 e. The van der Waals surface area contributed by atoms with Crippen molar-refractivity contribution in [3.05, 3.63) is 45.7 Å². The molecule has 1 aliphatic heterocycles. The molecule has 1 aliphatic rings. The normalized spacial score (nSPS) is 18.8. The molecular formula is C20H23N5O4S. The lowest BCUT2D eigenvalue weighted by Gasteiger charge is -2.18. The van der Waals surface area contributed by atoms with E-state index in [9.17, 15) is 9.59 Å². The number of pyridine rings is 2. The first-order valence-electron chi connectivity index (χ1n) is 9.68. The summed E-state index contributed by atoms with van der Waals surface area (Å²) in [5.74, 6) is 0.265. The van der Waals surface area contributed by atoms with E-state index in [0.29, 0.717) is 35.1 Å². The summed E-state index contributed by atoms with van der Waals surface area (Å²) in [6, 6.07) is 3.49. The van der Waals surface area contributed by atoms with Gasteiger partial charge in [-0.25, -0.2) is 14.8 Å². The van der Waals surface area contributed by atoms with Gasteiger partial charge >= 0.3 is 5.97 Å². The number of hydrogen-bond donors (Lipinski definition) is 1. The number of nitrogens with zero attached hydrogens (tertiary/aromatic N) is 4. The van der Waals surface area contributed by atoms with Crippen LogP contribution in [0.5, 0.6) is 0 Å². The van der Waals surface area contributed by atoms with Crippen LogP contribution in [0.15, 0.2) is 34.7 Å². The lowest BCUT2D eigenvalue weighted by molar-refractivity contribution is 0.0524. The molecule has 1 fully saturated rings. The quantitative estimate of drug-likeness (QED) is 0.586. The van der Waals surface area contributed by atoms with Gasteiger partial charge in [0.1, 0.15) is 11.4 Å². The monoisotopic (exact) mass is 429 g/mol. The third-order valence-electron chi connectivity index (χ3n) is 5.27. The zero-order valence-electron chi connectivity index (χ0n) is 16.8. The summed E-state index contributed by atoms with van der Waals surface area (Å²) in [6.07, 6.45) is 3.15. The molecule has 0 bridgehead atoms. The Morgan fingerprint density at radius 1 is 1.37 bits per heavy atom. The average Bonchev–Trinajstić information content (AvgIpc) is 3.43. The van der Waals surface area contributed by atoms with Crippen LogP contribution in [0.4, 0.5) is 5.82 Å². The topological polar surface area (TPSA) is 113 Å². The van der Waals surface area contributed by atoms with Crippen LogP contribution in [-0.4, -0.2) is 60.0 Å². The number of anilines is 1. The van der Waals surface area contributed by atoms with Crippen LogP contribution in [-0.2, 0) is 9.47 Å². The molecule has 30 heavy (non-hydrogen) atoms. The molecule has 0 saturated carbocycles. The van der Waals surface area contributed by atoms with Gasteiger partial charge in [-0.2, -0.15) is 0 Å². The van der Waals surface area contributed by atoms with Crippen LogP contribution in [0.1, 0.15) is 17.3 Å². The molecule has 0 aromatic carbocycles. The van der Waals surface area contributed by atoms with Gasteiger partial charge in [-0.05, 0) is 25.6 Å². The van der Waals surface area contributed by atoms with Crippen LogP contribution < -0.4 is 16.1 Å². The maximum atomic E-state index is 13.0. The highest BCUT2D eigenvalue weighted by Gasteiger charge is 2.33. The molecule has 158 valence electrons. The van der Waals surface area contributed by atoms with Crippen LogP contribution >= 0.6 is 11.3 Å². The minimum atomic E-state index is -0.660. The molecular weight excluding hydrogens is 406 g/mol. The fraction of sp³-hybridized carbons (Fsp3) is 0.400. The molecule has 2 atom stereocenters. The molecule has 0 amide bonds. The molecule has 3 aromatic rings. The van der Waals surface area contributed by atoms with Gasteiger partial charge in [-0.1, -0.05) is 0 Å². The predicted octanol–water partition coefficient (Wildman–Crippen LogP) is 1.43. The number of rotatable bonds is 6. The van der Waals surface area contributed by atoms with E-state index in [0.717, 1.165) is 6.54 Å². The molecule has 2 N–H and O–H groups in total. The SMILES string of the molecule is CCOC(=O)c1cn(-c2nccs2)c2nc(N3C[C@H](CN)[C@@H](OC)C3)ccc2c1=O. The Kier molecular flexibility index (Phi) is 5.80. The van der Waals surface area contributed by atoms with Crippen LogP contribution in [0, 0.1) is 5.92 Å². The summed E-state index contributed by atoms with van der Waals surface area (Å²) in [6.45, 7) is 3.79. The first-order chi connectivity index (χ1) is 14.6. The molecule has 0 spiro atoms. The molecule has 10 heteroatoms. The first-order valence-corrected chi connectivity index (χ1v) is 10.6. The van der Waals surface area contributed by atoms with E-state index in [1.807, 2.05) is 5.38 Å². The second kappa shape index (κ2) is 8.50. The number of nitrogens with two attached hydrogens (primary N) is 1. The number of carbonyl (C=O) groups excluding carboxylic acids is 1. The number of esters is 1. The van der Waals surface area contributed by atoms with Gasteiger partial charge < -0.3 is 20.1 Å². The first kappa shape index (κ1) is 20.5. The van der Waals surface area contributed by atoms with E-state index in [1.54, 1.807) is 36.9 Å². The van der Waals surface area contributed by atoms with Crippen LogP contribution in [0.2, 0.25) is 0 Å². The molecule has 1 saturated heterocycles. The van der Waals surface area contributed by atoms with Crippen molar-refractivity contribution in [2.75, 3.05) is 38.3 Å². The van der Waals surface area contributed by atoms with E-state index in [-0.39, 0.29) is 24.2 Å². The van der Waals surface area contributed by atoms with E-state index in [4.69, 9.17) is 20.2 Å². The lowest BCUT2D eigenvalue weighted by atomic mass is 10.1. The Hall–Kier alpha value is -2.82. The van der Waals surface area contributed by atoms with Gasteiger partial charge in [-0.15, -0.1) is 11.3 Å². The number of thiazole rings is 1. The Morgan fingerprint density at radius 3 is 2.83 bits per heavy atom. The molecule has 4 rings (SSSR count). The molecule has 3 aromatic heterocycles. The highest BCUT2D eigenvalue weighted by Crippen LogP contribution is 2.26. The molecule has 0 radical (unpaired) electrons. The van der Waals surface area contributed by atoms with E-state index >= 15 is 0 Å². The van der Waals surface area contributed by atoms with Crippen LogP contribution in [0.25, 0.3) is 16.2 Å². The molecule has 9 nitrogen and oxygen atoms in total. The summed E-state index contributed by atoms with van der Waals surface area (Å²) in [5.41, 5.74) is 5.87. The van der Waals surface area contributed by atoms with Gasteiger partial charge in [0.15, 0.2) is 10.8 Å². The van der Waals surface area contributed by atoms with Gasteiger partial charge in [-0.3, -0.25) is 9.36 Å². The van der Waals surface area contributed by atoms with Gasteiger partial charge in [0.2, 0.25) is 5.43 Å². The van der Waals surface area contributed by atoms with Crippen molar-refractivity contribution in [1.29, 1.82) is 0 Å². The second-order valence-electron chi connectivity index (χ2n) is 6.99. The highest BCUT2D eigenvalue weighted by atomic mass is 32.1. The number of fused-ring (bicyclic) bond motifs is 1. The smallest absolute Gasteiger partial charge is 0.343 e. The Bertz CT molecular complexity index is 1100. The number of carbonyl (C=O) groups is 1. The minimum Gasteiger partial charge on any atom is -0.462 e. The van der Waals surface area contributed by atoms with Crippen molar-refractivity contribution in [3.63, 3.8) is 0 Å². The highest BCUT2D eigenvalue weighted by molar-refractivity contribution is 7.12. The lowest BCUT2D eigenvalue weighted by Crippen LogP contribution is -2.27. The molecule has 4 heterocycles. The van der Waals surface area contributed by atoms with E-state index in [2.05, 4.69) is 9.88 Å². The van der Waals surface area contributed by atoms with Crippen molar-refractivity contribution in [2.24, 2.45) is 11.7 Å². The fourth-order valence-corrected chi connectivity index (χ4v) is 4.34. The van der Waals surface area contributed by atoms with Gasteiger partial charge in [0, 0.05) is 43.9 Å². The number of ether oxygens (including phenoxy) is 2. The van der Waals surface area contributed by atoms with E-state index in [1.165, 1.54) is 17.5 Å². The van der Waals surface area contributed by atoms with Gasteiger partial charge in [0.05, 0.1) is 18.1 Å². The average molecular weight is 430 g/mol. The number of methoxy groups -OCH3 is 1. The summed E-state index contributed by atoms with van der Waals surface area (Å²) >= 11 is 1.38. The summed E-state index contributed by atoms with van der Waals surface area (Å²) in [7, 11) is 1.68. The summed E-state index contributed by atoms with van der Waals surface area (Å²) < 4.78 is 12.3. The zero-order chi connectivity index (χ0) is 21.3. The third-order valence-corrected chi connectivity index (χ3v) is 6.04. The van der Waals surface area contributed by atoms with Crippen molar-refractivity contribution in [2.45, 2.75) is 13.0 Å². The predicted molar refractivity (Wildman–Crippen MR) is 115 cm³/mol. The van der Waals surface area contributed by atoms with Crippen molar-refractivity contribution in [1.82, 2.24) is 14.5 Å². The number of hydrogen-bond acceptors (Lipinski definition) is 9. The van der Waals surface area contributed by atoms with Crippen molar-refractivity contribution >= 4 is 34.2 Å². The van der Waals surface area contributed by atoms with Gasteiger partial charge in [0.25, 0.3) is 0 Å². The molecule has 0 aliphatic carbocycles. The zero-order valence-corrected chi connectivity index (χ0v) is 17.6. The van der Waals surface area contributed by atoms with Crippen molar-refractivity contribution < 1.29 is 14.3 Å². The van der Waals surface area contributed by atoms with Crippen molar-refractivity contribution in [3.8, 4) is 5.13 Å². The Labute approximate surface area is 177 Å². The maximum Gasteiger partial charge on any atom is 0.343 e. The Balaban J connectivity index is 1.85. The Morgan fingerprint density at radius 2 is 2.20 bits per heavy atom. The standard InChI is InChI=1S/C20H23N5O4S/c1-3-29-19(27)14-10-25(20-22-6-7-30-20)18-13(17(14)26)4-5-16(23-18)24-9-12(8-21)15(11-24)28-2/h4-7,10,12,15H,3,8-9,11,21H2,1-2H3/t12-,15-/m0/s1. The third kappa shape index (κ3) is 3.57. The summed E-state index contributed by atoms with van der Waals surface area (Å²) in [5, 5.41) is 2.76. The van der Waals surface area contributed by atoms with Crippen LogP contribution in [0.3, 0.4) is 0 Å². The number of aromatic nitrogens is 3. The second-order valence-corrected chi connectivity index (χ2v) is 7.87. The minimum absolute atomic E-state index is 0.0276. The maximum absolute atomic E-state index is 13.0. The van der Waals surface area contributed by atoms with E-state index < -0.39 is 11.4 Å². The fourth-order valence-electron chi connectivity index (χ4n) is 3.73. The molecule has 0 unspecified atom stereocenters. The summed E-state index contributed by atoms with van der Waals surface area (Å²) in [4.78, 5) is 36.5.